The summed E-state index contributed by atoms with van der Waals surface area (Å²) in [7, 11) is 0. The molecule has 0 heterocycles. The van der Waals surface area contributed by atoms with Crippen LogP contribution < -0.4 is 5.32 Å². The zero-order chi connectivity index (χ0) is 63.5. The van der Waals surface area contributed by atoms with Gasteiger partial charge in [-0.1, -0.05) is 383 Å². The maximum Gasteiger partial charge on any atom is 0.305 e. The van der Waals surface area contributed by atoms with E-state index in [0.29, 0.717) is 19.4 Å². The third kappa shape index (κ3) is 72.6. The summed E-state index contributed by atoms with van der Waals surface area (Å²) in [5.41, 5.74) is 0. The second-order valence-corrected chi connectivity index (χ2v) is 27.0. The number of carbonyl (C=O) groups excluding carboxylic acids is 2. The van der Waals surface area contributed by atoms with Gasteiger partial charge in [0.2, 0.25) is 5.91 Å². The molecule has 2 atom stereocenters. The van der Waals surface area contributed by atoms with Gasteiger partial charge in [-0.2, -0.15) is 0 Å². The first-order valence-corrected chi connectivity index (χ1v) is 39.6. The van der Waals surface area contributed by atoms with Gasteiger partial charge in [-0.15, -0.1) is 0 Å². The first kappa shape index (κ1) is 85.6. The number of carbonyl (C=O) groups is 2. The van der Waals surface area contributed by atoms with Gasteiger partial charge < -0.3 is 20.3 Å². The first-order chi connectivity index (χ1) is 43.5. The zero-order valence-corrected chi connectivity index (χ0v) is 59.2. The Kier molecular flexibility index (Phi) is 74.9. The van der Waals surface area contributed by atoms with Crippen LogP contribution in [0.2, 0.25) is 0 Å². The number of unbranched alkanes of at least 4 members (excludes halogenated alkanes) is 55. The molecule has 0 aromatic rings. The van der Waals surface area contributed by atoms with Crippen molar-refractivity contribution >= 4 is 11.9 Å². The number of nitrogens with one attached hydrogen (secondary N) is 1. The van der Waals surface area contributed by atoms with Crippen LogP contribution >= 0.6 is 0 Å². The molecule has 0 rings (SSSR count). The van der Waals surface area contributed by atoms with Gasteiger partial charge in [-0.25, -0.2) is 0 Å². The maximum atomic E-state index is 12.5. The van der Waals surface area contributed by atoms with Crippen LogP contribution in [-0.4, -0.2) is 47.4 Å². The van der Waals surface area contributed by atoms with E-state index in [1.54, 1.807) is 6.08 Å². The fraction of sp³-hybridized carbons (Fsp3) is 0.854. The molecule has 0 bridgehead atoms. The molecule has 0 aliphatic heterocycles. The van der Waals surface area contributed by atoms with Crippen LogP contribution in [0.4, 0.5) is 0 Å². The molecule has 0 saturated heterocycles. The SMILES string of the molecule is CCC/C=C\C/C=C\CCCCCCCC(=O)OCCCCCCCCCCCCCCC/C=C\C/C=C\CCCCCCCCCCCCCCCCCCCC(=O)NC(CO)C(O)/C=C/CCCCCCCCCCCCCCCCCCCCC. The number of aliphatic hydroxyl groups excluding tert-OH is 2. The van der Waals surface area contributed by atoms with E-state index >= 15 is 0 Å². The minimum Gasteiger partial charge on any atom is -0.466 e. The highest BCUT2D eigenvalue weighted by molar-refractivity contribution is 5.76. The summed E-state index contributed by atoms with van der Waals surface area (Å²) in [6.07, 6.45) is 103. The molecular formula is C82H153NO5. The molecule has 0 saturated carbocycles. The lowest BCUT2D eigenvalue weighted by Gasteiger charge is -2.20. The van der Waals surface area contributed by atoms with E-state index in [2.05, 4.69) is 67.8 Å². The number of allylic oxidation sites excluding steroid dienone is 9. The van der Waals surface area contributed by atoms with Crippen LogP contribution in [0.3, 0.4) is 0 Å². The summed E-state index contributed by atoms with van der Waals surface area (Å²) in [5.74, 6) is -0.0582. The predicted octanol–water partition coefficient (Wildman–Crippen LogP) is 26.2. The van der Waals surface area contributed by atoms with E-state index in [9.17, 15) is 19.8 Å². The molecule has 3 N–H and O–H groups in total. The number of amides is 1. The fourth-order valence-corrected chi connectivity index (χ4v) is 12.2. The van der Waals surface area contributed by atoms with Gasteiger partial charge >= 0.3 is 5.97 Å². The molecular weight excluding hydrogens is 1080 g/mol. The molecule has 88 heavy (non-hydrogen) atoms. The number of rotatable bonds is 74. The Labute approximate surface area is 549 Å². The minimum absolute atomic E-state index is 0.00319. The summed E-state index contributed by atoms with van der Waals surface area (Å²) >= 11 is 0. The molecule has 2 unspecified atom stereocenters. The van der Waals surface area contributed by atoms with E-state index in [1.807, 2.05) is 6.08 Å². The van der Waals surface area contributed by atoms with E-state index in [1.165, 1.54) is 340 Å². The van der Waals surface area contributed by atoms with Crippen molar-refractivity contribution in [2.45, 2.75) is 437 Å². The molecule has 6 heteroatoms. The first-order valence-electron chi connectivity index (χ1n) is 39.6. The Bertz CT molecular complexity index is 1520. The standard InChI is InChI=1S/C82H153NO5/c1-3-5-7-9-11-13-15-17-18-19-20-38-41-44-47-51-54-58-62-66-70-74-80(85)79(78-84)83-81(86)75-71-67-63-59-55-52-48-45-42-39-36-34-32-30-28-26-24-22-21-23-25-27-29-31-33-35-37-40-43-46-49-53-57-61-65-69-73-77-88-82(87)76-72-68-64-60-56-50-16-14-12-10-8-6-4-2/h8,10,14,16,21,23,27,29,70,74,79-80,84-85H,3-7,9,11-13,15,17-20,22,24-26,28,30-69,71-73,75-78H2,1-2H3,(H,83,86)/b10-8-,16-14-,23-21-,29-27-,74-70+. The monoisotopic (exact) mass is 1230 g/mol. The lowest BCUT2D eigenvalue weighted by Crippen LogP contribution is -2.45. The van der Waals surface area contributed by atoms with Crippen LogP contribution in [0.5, 0.6) is 0 Å². The molecule has 0 fully saturated rings. The van der Waals surface area contributed by atoms with Crippen molar-refractivity contribution in [3.63, 3.8) is 0 Å². The average Bonchev–Trinajstić information content (AvgIpc) is 3.59. The van der Waals surface area contributed by atoms with E-state index in [0.717, 1.165) is 57.8 Å². The summed E-state index contributed by atoms with van der Waals surface area (Å²) in [6, 6.07) is -0.628. The van der Waals surface area contributed by atoms with E-state index in [4.69, 9.17) is 4.74 Å². The van der Waals surface area contributed by atoms with Crippen molar-refractivity contribution < 1.29 is 24.5 Å². The van der Waals surface area contributed by atoms with Crippen LogP contribution in [-0.2, 0) is 14.3 Å². The highest BCUT2D eigenvalue weighted by Gasteiger charge is 2.18. The van der Waals surface area contributed by atoms with Crippen molar-refractivity contribution in [2.75, 3.05) is 13.2 Å². The quantitative estimate of drug-likeness (QED) is 0.0320. The molecule has 516 valence electrons. The topological polar surface area (TPSA) is 95.9 Å². The Morgan fingerprint density at radius 1 is 0.318 bits per heavy atom. The van der Waals surface area contributed by atoms with Gasteiger partial charge in [0, 0.05) is 12.8 Å². The summed E-state index contributed by atoms with van der Waals surface area (Å²) < 4.78 is 5.48. The van der Waals surface area contributed by atoms with Gasteiger partial charge in [0.25, 0.3) is 0 Å². The molecule has 0 aromatic carbocycles. The average molecular weight is 1230 g/mol. The fourth-order valence-electron chi connectivity index (χ4n) is 12.2. The number of aliphatic hydroxyl groups is 2. The number of hydrogen-bond donors (Lipinski definition) is 3. The summed E-state index contributed by atoms with van der Waals surface area (Å²) in [6.45, 7) is 4.87. The summed E-state index contributed by atoms with van der Waals surface area (Å²) in [5, 5.41) is 23.3. The predicted molar refractivity (Wildman–Crippen MR) is 389 cm³/mol. The van der Waals surface area contributed by atoms with Crippen molar-refractivity contribution in [1.82, 2.24) is 5.32 Å². The van der Waals surface area contributed by atoms with Crippen LogP contribution in [0.25, 0.3) is 0 Å². The van der Waals surface area contributed by atoms with Gasteiger partial charge in [0.05, 0.1) is 25.4 Å². The Balaban J connectivity index is 3.39. The molecule has 0 radical (unpaired) electrons. The Morgan fingerprint density at radius 2 is 0.591 bits per heavy atom. The molecule has 0 aliphatic carbocycles. The number of hydrogen-bond acceptors (Lipinski definition) is 5. The van der Waals surface area contributed by atoms with Crippen LogP contribution in [0.1, 0.15) is 425 Å². The lowest BCUT2D eigenvalue weighted by atomic mass is 10.0. The molecule has 0 aromatic heterocycles. The second kappa shape index (κ2) is 77.0. The summed E-state index contributed by atoms with van der Waals surface area (Å²) in [4.78, 5) is 24.6. The Morgan fingerprint density at radius 3 is 0.909 bits per heavy atom. The van der Waals surface area contributed by atoms with E-state index < -0.39 is 12.1 Å². The highest BCUT2D eigenvalue weighted by Crippen LogP contribution is 2.19. The highest BCUT2D eigenvalue weighted by atomic mass is 16.5. The smallest absolute Gasteiger partial charge is 0.305 e. The van der Waals surface area contributed by atoms with Gasteiger partial charge in [-0.05, 0) is 89.9 Å². The zero-order valence-electron chi connectivity index (χ0n) is 59.2. The van der Waals surface area contributed by atoms with E-state index in [-0.39, 0.29) is 18.5 Å². The second-order valence-electron chi connectivity index (χ2n) is 27.0. The molecule has 1 amide bonds. The maximum absolute atomic E-state index is 12.5. The number of esters is 1. The van der Waals surface area contributed by atoms with Crippen molar-refractivity contribution in [1.29, 1.82) is 0 Å². The molecule has 0 spiro atoms. The van der Waals surface area contributed by atoms with Crippen LogP contribution in [0.15, 0.2) is 60.8 Å². The van der Waals surface area contributed by atoms with Crippen LogP contribution in [0, 0.1) is 0 Å². The van der Waals surface area contributed by atoms with Crippen molar-refractivity contribution in [3.05, 3.63) is 60.8 Å². The normalized spacial score (nSPS) is 12.8. The number of ether oxygens (including phenoxy) is 1. The third-order valence-electron chi connectivity index (χ3n) is 18.2. The van der Waals surface area contributed by atoms with Gasteiger partial charge in [-0.3, -0.25) is 9.59 Å². The largest absolute Gasteiger partial charge is 0.466 e. The lowest BCUT2D eigenvalue weighted by molar-refractivity contribution is -0.143. The molecule has 0 aliphatic rings. The van der Waals surface area contributed by atoms with Crippen molar-refractivity contribution in [3.8, 4) is 0 Å². The van der Waals surface area contributed by atoms with Gasteiger partial charge in [0.15, 0.2) is 0 Å². The third-order valence-corrected chi connectivity index (χ3v) is 18.2. The minimum atomic E-state index is -0.844. The van der Waals surface area contributed by atoms with Crippen molar-refractivity contribution in [2.24, 2.45) is 0 Å². The molecule has 6 nitrogen and oxygen atoms in total. The van der Waals surface area contributed by atoms with Gasteiger partial charge in [0.1, 0.15) is 0 Å². The Hall–Kier alpha value is -2.44.